The number of carboxylic acid groups (broad SMARTS) is 1. The van der Waals surface area contributed by atoms with Gasteiger partial charge in [0.25, 0.3) is 0 Å². The predicted molar refractivity (Wildman–Crippen MR) is 103 cm³/mol. The van der Waals surface area contributed by atoms with Crippen LogP contribution in [0.1, 0.15) is 30.3 Å². The minimum Gasteiger partial charge on any atom is -0.481 e. The van der Waals surface area contributed by atoms with Gasteiger partial charge >= 0.3 is 5.97 Å². The maximum atomic E-state index is 13.8. The first-order valence-electron chi connectivity index (χ1n) is 8.76. The van der Waals surface area contributed by atoms with Gasteiger partial charge in [-0.3, -0.25) is 9.59 Å². The SMILES string of the molecule is O=C(O)CC(NC(=O)CCc1nc(-c2ccccc2F)no1)c1cccc(Cl)c1. The second kappa shape index (κ2) is 9.29. The molecule has 1 amide bonds. The number of nitrogens with one attached hydrogen (secondary N) is 1. The van der Waals surface area contributed by atoms with Crippen molar-refractivity contribution in [1.29, 1.82) is 0 Å². The number of aryl methyl sites for hydroxylation is 1. The zero-order valence-corrected chi connectivity index (χ0v) is 15.9. The average molecular weight is 418 g/mol. The Morgan fingerprint density at radius 2 is 2.00 bits per heavy atom. The minimum atomic E-state index is -1.05. The van der Waals surface area contributed by atoms with Crippen molar-refractivity contribution in [3.05, 3.63) is 70.8 Å². The van der Waals surface area contributed by atoms with Crippen LogP contribution in [0, 0.1) is 5.82 Å². The first kappa shape index (κ1) is 20.5. The zero-order chi connectivity index (χ0) is 20.8. The summed E-state index contributed by atoms with van der Waals surface area (Å²) in [5, 5.41) is 16.0. The fourth-order valence-corrected chi connectivity index (χ4v) is 2.94. The van der Waals surface area contributed by atoms with Crippen LogP contribution < -0.4 is 5.32 Å². The van der Waals surface area contributed by atoms with Crippen molar-refractivity contribution in [2.24, 2.45) is 0 Å². The van der Waals surface area contributed by atoms with E-state index >= 15 is 0 Å². The summed E-state index contributed by atoms with van der Waals surface area (Å²) in [6.45, 7) is 0. The maximum Gasteiger partial charge on any atom is 0.305 e. The van der Waals surface area contributed by atoms with Gasteiger partial charge in [0.1, 0.15) is 5.82 Å². The number of aromatic nitrogens is 2. The van der Waals surface area contributed by atoms with E-state index in [-0.39, 0.29) is 42.4 Å². The van der Waals surface area contributed by atoms with Crippen LogP contribution in [-0.4, -0.2) is 27.1 Å². The van der Waals surface area contributed by atoms with Gasteiger partial charge in [-0.2, -0.15) is 4.98 Å². The van der Waals surface area contributed by atoms with Gasteiger partial charge in [0.15, 0.2) is 0 Å². The van der Waals surface area contributed by atoms with Crippen molar-refractivity contribution in [3.63, 3.8) is 0 Å². The molecule has 0 fully saturated rings. The van der Waals surface area contributed by atoms with E-state index < -0.39 is 17.8 Å². The summed E-state index contributed by atoms with van der Waals surface area (Å²) in [5.41, 5.74) is 0.794. The first-order valence-corrected chi connectivity index (χ1v) is 9.14. The molecule has 0 spiro atoms. The smallest absolute Gasteiger partial charge is 0.305 e. The molecular weight excluding hydrogens is 401 g/mol. The maximum absolute atomic E-state index is 13.8. The highest BCUT2D eigenvalue weighted by molar-refractivity contribution is 6.30. The van der Waals surface area contributed by atoms with Crippen molar-refractivity contribution in [2.45, 2.75) is 25.3 Å². The number of amides is 1. The lowest BCUT2D eigenvalue weighted by molar-refractivity contribution is -0.137. The molecule has 0 saturated heterocycles. The Labute approximate surface area is 170 Å². The molecule has 0 aliphatic rings. The number of hydrogen-bond donors (Lipinski definition) is 2. The minimum absolute atomic E-state index is 0.00438. The predicted octanol–water partition coefficient (Wildman–Crippen LogP) is 3.79. The second-order valence-corrected chi connectivity index (χ2v) is 6.70. The number of carboxylic acids is 1. The van der Waals surface area contributed by atoms with Crippen LogP contribution >= 0.6 is 11.6 Å². The van der Waals surface area contributed by atoms with Crippen LogP contribution in [0.25, 0.3) is 11.4 Å². The first-order chi connectivity index (χ1) is 13.9. The average Bonchev–Trinajstić information content (AvgIpc) is 3.15. The summed E-state index contributed by atoms with van der Waals surface area (Å²) in [6.07, 6.45) is -0.164. The monoisotopic (exact) mass is 417 g/mol. The zero-order valence-electron chi connectivity index (χ0n) is 15.1. The van der Waals surface area contributed by atoms with E-state index in [2.05, 4.69) is 15.5 Å². The highest BCUT2D eigenvalue weighted by Gasteiger charge is 2.19. The number of hydrogen-bond acceptors (Lipinski definition) is 5. The van der Waals surface area contributed by atoms with Crippen LogP contribution in [0.15, 0.2) is 53.1 Å². The fraction of sp³-hybridized carbons (Fsp3) is 0.200. The van der Waals surface area contributed by atoms with Crippen molar-refractivity contribution in [2.75, 3.05) is 0 Å². The van der Waals surface area contributed by atoms with E-state index in [1.807, 2.05) is 0 Å². The normalized spacial score (nSPS) is 11.8. The third kappa shape index (κ3) is 5.61. The summed E-state index contributed by atoms with van der Waals surface area (Å²) < 4.78 is 18.9. The number of benzene rings is 2. The lowest BCUT2D eigenvalue weighted by Gasteiger charge is -2.17. The standard InChI is InChI=1S/C20H17ClFN3O4/c21-13-5-3-4-12(10-13)16(11-19(27)28)23-17(26)8-9-18-24-20(25-29-18)14-6-1-2-7-15(14)22/h1-7,10,16H,8-9,11H2,(H,23,26)(H,27,28). The van der Waals surface area contributed by atoms with E-state index in [0.717, 1.165) is 0 Å². The van der Waals surface area contributed by atoms with Crippen LogP contribution in [0.5, 0.6) is 0 Å². The summed E-state index contributed by atoms with van der Waals surface area (Å²) in [6, 6.07) is 11.9. The van der Waals surface area contributed by atoms with Gasteiger partial charge in [0.2, 0.25) is 17.6 Å². The molecule has 9 heteroatoms. The molecule has 0 aliphatic heterocycles. The van der Waals surface area contributed by atoms with Crippen molar-refractivity contribution in [3.8, 4) is 11.4 Å². The van der Waals surface area contributed by atoms with E-state index in [0.29, 0.717) is 10.6 Å². The molecule has 1 atom stereocenters. The molecule has 7 nitrogen and oxygen atoms in total. The lowest BCUT2D eigenvalue weighted by atomic mass is 10.0. The number of nitrogens with zero attached hydrogens (tertiary/aromatic N) is 2. The van der Waals surface area contributed by atoms with Crippen LogP contribution in [0.3, 0.4) is 0 Å². The topological polar surface area (TPSA) is 105 Å². The number of rotatable bonds is 8. The number of carbonyl (C=O) groups is 2. The van der Waals surface area contributed by atoms with Gasteiger partial charge in [-0.1, -0.05) is 41.0 Å². The molecule has 1 aromatic heterocycles. The summed E-state index contributed by atoms with van der Waals surface area (Å²) in [4.78, 5) is 27.6. The second-order valence-electron chi connectivity index (χ2n) is 6.26. The van der Waals surface area contributed by atoms with Crippen LogP contribution in [0.4, 0.5) is 4.39 Å². The Morgan fingerprint density at radius 1 is 1.21 bits per heavy atom. The quantitative estimate of drug-likeness (QED) is 0.577. The third-order valence-corrected chi connectivity index (χ3v) is 4.35. The van der Waals surface area contributed by atoms with Gasteiger partial charge in [0, 0.05) is 17.9 Å². The van der Waals surface area contributed by atoms with E-state index in [9.17, 15) is 14.0 Å². The lowest BCUT2D eigenvalue weighted by Crippen LogP contribution is -2.30. The summed E-state index contributed by atoms with van der Waals surface area (Å²) >= 11 is 5.95. The van der Waals surface area contributed by atoms with Gasteiger partial charge < -0.3 is 14.9 Å². The molecule has 3 rings (SSSR count). The third-order valence-electron chi connectivity index (χ3n) is 4.11. The van der Waals surface area contributed by atoms with E-state index in [1.54, 1.807) is 36.4 Å². The Hall–Kier alpha value is -3.26. The summed E-state index contributed by atoms with van der Waals surface area (Å²) in [5.74, 6) is -1.64. The largest absolute Gasteiger partial charge is 0.481 e. The van der Waals surface area contributed by atoms with Crippen LogP contribution in [0.2, 0.25) is 5.02 Å². The molecule has 1 unspecified atom stereocenters. The molecule has 0 saturated carbocycles. The van der Waals surface area contributed by atoms with Gasteiger partial charge in [-0.15, -0.1) is 0 Å². The van der Waals surface area contributed by atoms with E-state index in [1.165, 1.54) is 12.1 Å². The molecule has 0 aliphatic carbocycles. The highest BCUT2D eigenvalue weighted by atomic mass is 35.5. The highest BCUT2D eigenvalue weighted by Crippen LogP contribution is 2.22. The molecule has 3 aromatic rings. The molecule has 150 valence electrons. The van der Waals surface area contributed by atoms with Crippen molar-refractivity contribution >= 4 is 23.5 Å². The molecular formula is C20H17ClFN3O4. The Kier molecular flexibility index (Phi) is 6.56. The molecule has 0 bridgehead atoms. The summed E-state index contributed by atoms with van der Waals surface area (Å²) in [7, 11) is 0. The number of aliphatic carboxylic acids is 1. The molecule has 1 heterocycles. The Balaban J connectivity index is 1.62. The van der Waals surface area contributed by atoms with Gasteiger partial charge in [-0.05, 0) is 29.8 Å². The number of halogens is 2. The molecule has 2 N–H and O–H groups in total. The van der Waals surface area contributed by atoms with Crippen molar-refractivity contribution < 1.29 is 23.6 Å². The molecule has 2 aromatic carbocycles. The van der Waals surface area contributed by atoms with Gasteiger partial charge in [0.05, 0.1) is 18.0 Å². The molecule has 29 heavy (non-hydrogen) atoms. The Bertz CT molecular complexity index is 1020. The number of carbonyl (C=O) groups excluding carboxylic acids is 1. The fourth-order valence-electron chi connectivity index (χ4n) is 2.75. The van der Waals surface area contributed by atoms with Crippen LogP contribution in [-0.2, 0) is 16.0 Å². The van der Waals surface area contributed by atoms with Crippen molar-refractivity contribution in [1.82, 2.24) is 15.5 Å². The van der Waals surface area contributed by atoms with Gasteiger partial charge in [-0.25, -0.2) is 4.39 Å². The van der Waals surface area contributed by atoms with E-state index in [4.69, 9.17) is 21.2 Å². The Morgan fingerprint density at radius 3 is 2.72 bits per heavy atom. The molecule has 0 radical (unpaired) electrons.